The van der Waals surface area contributed by atoms with Gasteiger partial charge in [0.15, 0.2) is 0 Å². The van der Waals surface area contributed by atoms with Crippen LogP contribution in [-0.4, -0.2) is 39.8 Å². The summed E-state index contributed by atoms with van der Waals surface area (Å²) in [5, 5.41) is 7.61. The largest absolute Gasteiger partial charge is 0.423 e. The van der Waals surface area contributed by atoms with Crippen LogP contribution in [0.2, 0.25) is 0 Å². The molecule has 2 aromatic heterocycles. The van der Waals surface area contributed by atoms with Gasteiger partial charge in [-0.3, -0.25) is 4.98 Å². The van der Waals surface area contributed by atoms with Crippen LogP contribution in [0.1, 0.15) is 45.4 Å². The summed E-state index contributed by atoms with van der Waals surface area (Å²) in [5.41, 5.74) is 2.47. The fourth-order valence-electron chi connectivity index (χ4n) is 3.15. The maximum absolute atomic E-state index is 12.4. The number of carbonyl (C=O) groups is 1. The number of aromatic nitrogens is 3. The molecule has 0 atom stereocenters. The normalized spacial score (nSPS) is 10.7. The minimum absolute atomic E-state index is 0.349. The van der Waals surface area contributed by atoms with Crippen LogP contribution in [0.25, 0.3) is 22.6 Å². The van der Waals surface area contributed by atoms with E-state index in [0.717, 1.165) is 29.5 Å². The summed E-state index contributed by atoms with van der Waals surface area (Å²) in [5.74, 6) is 0.902. The number of ether oxygens (including phenoxy) is 1. The molecule has 0 saturated heterocycles. The van der Waals surface area contributed by atoms with Crippen LogP contribution in [-0.2, 0) is 0 Å². The fourth-order valence-corrected chi connectivity index (χ4v) is 3.15. The maximum atomic E-state index is 12.4. The molecule has 2 heterocycles. The highest BCUT2D eigenvalue weighted by Crippen LogP contribution is 2.27. The maximum Gasteiger partial charge on any atom is 0.414 e. The van der Waals surface area contributed by atoms with Crippen LogP contribution in [0.15, 0.2) is 53.5 Å². The van der Waals surface area contributed by atoms with Gasteiger partial charge < -0.3 is 14.1 Å². The number of carbonyl (C=O) groups excluding carboxylic acids is 1. The third-order valence-corrected chi connectivity index (χ3v) is 4.88. The Morgan fingerprint density at radius 2 is 1.83 bits per heavy atom. The molecule has 3 aromatic rings. The first-order valence-electron chi connectivity index (χ1n) is 10.4. The van der Waals surface area contributed by atoms with Crippen molar-refractivity contribution in [1.29, 1.82) is 0 Å². The topological polar surface area (TPSA) is 81.4 Å². The summed E-state index contributed by atoms with van der Waals surface area (Å²) in [7, 11) is 1.77. The zero-order valence-corrected chi connectivity index (χ0v) is 17.6. The average molecular weight is 409 g/mol. The molecule has 0 bridgehead atoms. The van der Waals surface area contributed by atoms with Crippen LogP contribution in [0, 0.1) is 0 Å². The van der Waals surface area contributed by atoms with E-state index in [-0.39, 0.29) is 6.09 Å². The van der Waals surface area contributed by atoms with Gasteiger partial charge in [-0.2, -0.15) is 0 Å². The molecule has 0 fully saturated rings. The molecule has 0 aliphatic carbocycles. The van der Waals surface area contributed by atoms with E-state index in [1.807, 2.05) is 24.3 Å². The molecule has 1 aromatic carbocycles. The molecule has 1 amide bonds. The van der Waals surface area contributed by atoms with Gasteiger partial charge in [-0.25, -0.2) is 4.79 Å². The van der Waals surface area contributed by atoms with Gasteiger partial charge in [0.1, 0.15) is 5.75 Å². The second-order valence-corrected chi connectivity index (χ2v) is 7.29. The lowest BCUT2D eigenvalue weighted by Crippen LogP contribution is -2.30. The minimum Gasteiger partial charge on any atom is -0.423 e. The second kappa shape index (κ2) is 11.1. The summed E-state index contributed by atoms with van der Waals surface area (Å²) in [6, 6.07) is 9.30. The molecule has 7 heteroatoms. The van der Waals surface area contributed by atoms with Crippen LogP contribution < -0.4 is 4.74 Å². The smallest absolute Gasteiger partial charge is 0.414 e. The summed E-state index contributed by atoms with van der Waals surface area (Å²) in [4.78, 5) is 18.3. The predicted molar refractivity (Wildman–Crippen MR) is 115 cm³/mol. The van der Waals surface area contributed by atoms with Gasteiger partial charge in [0, 0.05) is 31.5 Å². The van der Waals surface area contributed by atoms with Crippen LogP contribution in [0.3, 0.4) is 0 Å². The number of hydrogen-bond acceptors (Lipinski definition) is 6. The van der Waals surface area contributed by atoms with E-state index in [9.17, 15) is 4.79 Å². The minimum atomic E-state index is -0.349. The number of pyridine rings is 1. The molecule has 0 aliphatic rings. The molecular formula is C23H28N4O3. The van der Waals surface area contributed by atoms with Gasteiger partial charge in [-0.05, 0) is 30.2 Å². The Bertz CT molecular complexity index is 928. The van der Waals surface area contributed by atoms with Gasteiger partial charge in [-0.1, -0.05) is 51.2 Å². The predicted octanol–water partition coefficient (Wildman–Crippen LogP) is 5.59. The summed E-state index contributed by atoms with van der Waals surface area (Å²) < 4.78 is 10.8. The van der Waals surface area contributed by atoms with E-state index in [1.54, 1.807) is 30.4 Å². The van der Waals surface area contributed by atoms with E-state index >= 15 is 0 Å². The van der Waals surface area contributed by atoms with Crippen LogP contribution in [0.4, 0.5) is 4.79 Å². The highest BCUT2D eigenvalue weighted by Gasteiger charge is 2.12. The molecular weight excluding hydrogens is 380 g/mol. The van der Waals surface area contributed by atoms with Crippen LogP contribution in [0.5, 0.6) is 5.75 Å². The monoisotopic (exact) mass is 408 g/mol. The number of benzene rings is 1. The Hall–Kier alpha value is -3.22. The van der Waals surface area contributed by atoms with Crippen molar-refractivity contribution in [2.45, 2.75) is 45.4 Å². The second-order valence-electron chi connectivity index (χ2n) is 7.29. The van der Waals surface area contributed by atoms with Crippen molar-refractivity contribution in [3.63, 3.8) is 0 Å². The first-order chi connectivity index (χ1) is 14.7. The van der Waals surface area contributed by atoms with Crippen molar-refractivity contribution in [1.82, 2.24) is 20.1 Å². The standard InChI is InChI=1S/C23H28N4O3/c1-3-4-5-6-7-8-12-27(2)23(28)30-21-11-9-10-18(14-21)19-13-20(16-24-15-19)22-26-25-17-29-22/h9-11,13-17H,3-8,12H2,1-2H3. The molecule has 0 spiro atoms. The lowest BCUT2D eigenvalue weighted by molar-refractivity contribution is 0.162. The Balaban J connectivity index is 1.58. The zero-order valence-electron chi connectivity index (χ0n) is 17.6. The number of rotatable bonds is 10. The third kappa shape index (κ3) is 6.14. The number of nitrogens with zero attached hydrogens (tertiary/aromatic N) is 4. The molecule has 0 radical (unpaired) electrons. The van der Waals surface area contributed by atoms with E-state index in [2.05, 4.69) is 22.1 Å². The van der Waals surface area contributed by atoms with Crippen molar-refractivity contribution in [3.8, 4) is 28.3 Å². The highest BCUT2D eigenvalue weighted by atomic mass is 16.6. The third-order valence-electron chi connectivity index (χ3n) is 4.88. The van der Waals surface area contributed by atoms with E-state index in [1.165, 1.54) is 32.1 Å². The van der Waals surface area contributed by atoms with Crippen molar-refractivity contribution in [2.24, 2.45) is 0 Å². The molecule has 0 aliphatic heterocycles. The molecule has 3 rings (SSSR count). The van der Waals surface area contributed by atoms with Gasteiger partial charge >= 0.3 is 6.09 Å². The Morgan fingerprint density at radius 3 is 2.63 bits per heavy atom. The molecule has 7 nitrogen and oxygen atoms in total. The molecule has 0 unspecified atom stereocenters. The van der Waals surface area contributed by atoms with Gasteiger partial charge in [-0.15, -0.1) is 10.2 Å². The Morgan fingerprint density at radius 1 is 1.03 bits per heavy atom. The molecule has 0 N–H and O–H groups in total. The lowest BCUT2D eigenvalue weighted by Gasteiger charge is -2.17. The van der Waals surface area contributed by atoms with Crippen LogP contribution >= 0.6 is 0 Å². The highest BCUT2D eigenvalue weighted by molar-refractivity contribution is 5.73. The van der Waals surface area contributed by atoms with Crippen molar-refractivity contribution >= 4 is 6.09 Å². The summed E-state index contributed by atoms with van der Waals surface area (Å²) in [6.45, 7) is 2.90. The van der Waals surface area contributed by atoms with Gasteiger partial charge in [0.05, 0.1) is 5.56 Å². The first-order valence-corrected chi connectivity index (χ1v) is 10.4. The zero-order chi connectivity index (χ0) is 21.2. The van der Waals surface area contributed by atoms with E-state index in [4.69, 9.17) is 9.15 Å². The van der Waals surface area contributed by atoms with Crippen molar-refractivity contribution in [2.75, 3.05) is 13.6 Å². The van der Waals surface area contributed by atoms with Crippen molar-refractivity contribution in [3.05, 3.63) is 49.1 Å². The SMILES string of the molecule is CCCCCCCCN(C)C(=O)Oc1cccc(-c2cncc(-c3nnco3)c2)c1. The molecule has 158 valence electrons. The average Bonchev–Trinajstić information content (AvgIpc) is 3.31. The fraction of sp³-hybridized carbons (Fsp3) is 0.391. The number of unbranched alkanes of at least 4 members (excludes halogenated alkanes) is 5. The summed E-state index contributed by atoms with van der Waals surface area (Å²) >= 11 is 0. The van der Waals surface area contributed by atoms with Gasteiger partial charge in [0.25, 0.3) is 0 Å². The quantitative estimate of drug-likeness (QED) is 0.407. The molecule has 30 heavy (non-hydrogen) atoms. The Labute approximate surface area is 177 Å². The van der Waals surface area contributed by atoms with E-state index < -0.39 is 0 Å². The summed E-state index contributed by atoms with van der Waals surface area (Å²) in [6.07, 6.45) is 11.5. The molecule has 0 saturated carbocycles. The first kappa shape index (κ1) is 21.5. The van der Waals surface area contributed by atoms with E-state index in [0.29, 0.717) is 18.2 Å². The number of hydrogen-bond donors (Lipinski definition) is 0. The Kier molecular flexibility index (Phi) is 7.94. The van der Waals surface area contributed by atoms with Gasteiger partial charge in [0.2, 0.25) is 12.3 Å². The lowest BCUT2D eigenvalue weighted by atomic mass is 10.1. The van der Waals surface area contributed by atoms with Crippen molar-refractivity contribution < 1.29 is 13.9 Å². The number of amides is 1.